The van der Waals surface area contributed by atoms with Crippen LogP contribution in [0.3, 0.4) is 0 Å². The molecule has 7 nitrogen and oxygen atoms in total. The topological polar surface area (TPSA) is 111 Å². The van der Waals surface area contributed by atoms with Gasteiger partial charge in [0.05, 0.1) is 10.7 Å². The molecule has 198 valence electrons. The number of rotatable bonds is 9. The number of carbonyl (C=O) groups excluding carboxylic acids is 2. The summed E-state index contributed by atoms with van der Waals surface area (Å²) in [4.78, 5) is 25.9. The van der Waals surface area contributed by atoms with Crippen molar-refractivity contribution in [1.29, 1.82) is 0 Å². The molecule has 38 heavy (non-hydrogen) atoms. The van der Waals surface area contributed by atoms with E-state index in [0.29, 0.717) is 21.5 Å². The summed E-state index contributed by atoms with van der Waals surface area (Å²) in [6.45, 7) is 5.98. The Labute approximate surface area is 238 Å². The molecule has 3 aromatic carbocycles. The molecule has 0 bridgehead atoms. The second-order valence-corrected chi connectivity index (χ2v) is 10.2. The van der Waals surface area contributed by atoms with Gasteiger partial charge in [0.1, 0.15) is 21.7 Å². The fourth-order valence-electron chi connectivity index (χ4n) is 3.91. The van der Waals surface area contributed by atoms with Gasteiger partial charge in [0, 0.05) is 11.1 Å². The maximum absolute atomic E-state index is 13.1. The van der Waals surface area contributed by atoms with Gasteiger partial charge in [-0.3, -0.25) is 9.59 Å². The predicted molar refractivity (Wildman–Crippen MR) is 157 cm³/mol. The van der Waals surface area contributed by atoms with Gasteiger partial charge in [-0.15, -0.1) is 0 Å². The molecule has 3 aromatic rings. The molecule has 9 heteroatoms. The largest absolute Gasteiger partial charge is 0.506 e. The second-order valence-electron chi connectivity index (χ2n) is 8.62. The number of halogens is 2. The Hall–Kier alpha value is -3.43. The van der Waals surface area contributed by atoms with Gasteiger partial charge in [-0.1, -0.05) is 56.3 Å². The van der Waals surface area contributed by atoms with E-state index in [0.717, 1.165) is 18.4 Å². The van der Waals surface area contributed by atoms with Crippen LogP contribution in [0, 0.1) is 6.92 Å². The van der Waals surface area contributed by atoms with E-state index in [2.05, 4.69) is 61.6 Å². The number of hydrogen-bond acceptors (Lipinski definition) is 5. The number of nitrogens with zero attached hydrogens (tertiary/aromatic N) is 1. The van der Waals surface area contributed by atoms with Crippen LogP contribution in [0.2, 0.25) is 0 Å². The van der Waals surface area contributed by atoms with Crippen LogP contribution in [-0.2, 0) is 4.79 Å². The van der Waals surface area contributed by atoms with Gasteiger partial charge in [-0.2, -0.15) is 5.10 Å². The molecule has 0 unspecified atom stereocenters. The van der Waals surface area contributed by atoms with Gasteiger partial charge in [0.15, 0.2) is 0 Å². The highest BCUT2D eigenvalue weighted by Gasteiger charge is 2.18. The van der Waals surface area contributed by atoms with Crippen molar-refractivity contribution in [3.05, 3.63) is 97.1 Å². The second kappa shape index (κ2) is 13.4. The summed E-state index contributed by atoms with van der Waals surface area (Å²) >= 11 is 6.40. The van der Waals surface area contributed by atoms with Gasteiger partial charge in [0.2, 0.25) is 0 Å². The lowest BCUT2D eigenvalue weighted by atomic mass is 9.93. The average molecular weight is 643 g/mol. The van der Waals surface area contributed by atoms with Crippen LogP contribution < -0.4 is 10.7 Å². The Kier molecular flexibility index (Phi) is 10.3. The van der Waals surface area contributed by atoms with Crippen LogP contribution in [0.5, 0.6) is 11.5 Å². The minimum absolute atomic E-state index is 0.000275. The number of hydrogen-bond donors (Lipinski definition) is 4. The first-order chi connectivity index (χ1) is 18.2. The Balaban J connectivity index is 1.89. The molecule has 0 atom stereocenters. The van der Waals surface area contributed by atoms with E-state index in [1.54, 1.807) is 43.3 Å². The van der Waals surface area contributed by atoms with Crippen molar-refractivity contribution < 1.29 is 19.8 Å². The summed E-state index contributed by atoms with van der Waals surface area (Å²) in [6.07, 6.45) is 4.92. The summed E-state index contributed by atoms with van der Waals surface area (Å²) in [7, 11) is 0. The number of benzene rings is 3. The number of carbonyl (C=O) groups is 2. The molecule has 3 rings (SSSR count). The highest BCUT2D eigenvalue weighted by atomic mass is 79.9. The Bertz CT molecular complexity index is 1340. The van der Waals surface area contributed by atoms with Gasteiger partial charge < -0.3 is 15.5 Å². The average Bonchev–Trinajstić information content (AvgIpc) is 2.94. The van der Waals surface area contributed by atoms with Crippen molar-refractivity contribution in [2.45, 2.75) is 39.5 Å². The summed E-state index contributed by atoms with van der Waals surface area (Å²) in [6, 6.07) is 16.5. The van der Waals surface area contributed by atoms with Crippen molar-refractivity contribution >= 4 is 56.0 Å². The number of phenols is 2. The molecule has 0 aromatic heterocycles. The van der Waals surface area contributed by atoms with Crippen molar-refractivity contribution in [2.75, 3.05) is 0 Å². The van der Waals surface area contributed by atoms with E-state index >= 15 is 0 Å². The molecule has 0 saturated carbocycles. The zero-order valence-corrected chi connectivity index (χ0v) is 24.4. The van der Waals surface area contributed by atoms with Crippen molar-refractivity contribution in [3.8, 4) is 11.5 Å². The Morgan fingerprint density at radius 2 is 1.58 bits per heavy atom. The van der Waals surface area contributed by atoms with Crippen LogP contribution in [0.1, 0.15) is 65.2 Å². The first-order valence-corrected chi connectivity index (χ1v) is 13.7. The number of aromatic hydroxyl groups is 2. The maximum Gasteiger partial charge on any atom is 0.287 e. The molecule has 0 saturated heterocycles. The lowest BCUT2D eigenvalue weighted by Gasteiger charge is -2.13. The Morgan fingerprint density at radius 3 is 2.18 bits per heavy atom. The highest BCUT2D eigenvalue weighted by Crippen LogP contribution is 2.43. The van der Waals surface area contributed by atoms with Crippen molar-refractivity contribution in [3.63, 3.8) is 0 Å². The maximum atomic E-state index is 13.1. The van der Waals surface area contributed by atoms with Gasteiger partial charge >= 0.3 is 0 Å². The minimum Gasteiger partial charge on any atom is -0.506 e. The molecule has 4 N–H and O–H groups in total. The van der Waals surface area contributed by atoms with Crippen molar-refractivity contribution in [2.24, 2.45) is 5.10 Å². The molecule has 0 spiro atoms. The normalized spacial score (nSPS) is 11.7. The van der Waals surface area contributed by atoms with Gasteiger partial charge in [0.25, 0.3) is 11.8 Å². The van der Waals surface area contributed by atoms with Gasteiger partial charge in [-0.25, -0.2) is 5.43 Å². The van der Waals surface area contributed by atoms with Crippen LogP contribution >= 0.6 is 31.9 Å². The van der Waals surface area contributed by atoms with E-state index in [9.17, 15) is 19.8 Å². The fraction of sp³-hybridized carbons (Fsp3) is 0.207. The lowest BCUT2D eigenvalue weighted by molar-refractivity contribution is -0.117. The monoisotopic (exact) mass is 641 g/mol. The molecule has 2 amide bonds. The van der Waals surface area contributed by atoms with E-state index < -0.39 is 11.8 Å². The molecule has 0 fully saturated rings. The number of hydrazone groups is 1. The lowest BCUT2D eigenvalue weighted by Crippen LogP contribution is -2.32. The highest BCUT2D eigenvalue weighted by molar-refractivity contribution is 9.11. The summed E-state index contributed by atoms with van der Waals surface area (Å²) in [5.41, 5.74) is 5.58. The quantitative estimate of drug-likeness (QED) is 0.117. The van der Waals surface area contributed by atoms with Crippen molar-refractivity contribution in [1.82, 2.24) is 10.7 Å². The summed E-state index contributed by atoms with van der Waals surface area (Å²) < 4.78 is 0.470. The van der Waals surface area contributed by atoms with E-state index in [1.807, 2.05) is 24.3 Å². The number of amides is 2. The van der Waals surface area contributed by atoms with Crippen LogP contribution in [0.25, 0.3) is 6.08 Å². The van der Waals surface area contributed by atoms with E-state index in [1.165, 1.54) is 11.8 Å². The molecule has 0 heterocycles. The van der Waals surface area contributed by atoms with Crippen LogP contribution in [0.15, 0.2) is 74.3 Å². The molecular weight excluding hydrogens is 614 g/mol. The fourth-order valence-corrected chi connectivity index (χ4v) is 5.00. The summed E-state index contributed by atoms with van der Waals surface area (Å²) in [5, 5.41) is 27.1. The SMILES string of the molecule is CCC(CC)c1ccc(C=C(NC(=O)c2ccccc2)C(=O)NN=Cc2c(C)c(Br)c(O)c(Br)c2O)cc1. The molecule has 0 aliphatic carbocycles. The smallest absolute Gasteiger partial charge is 0.287 e. The predicted octanol–water partition coefficient (Wildman–Crippen LogP) is 6.76. The third kappa shape index (κ3) is 6.90. The molecule has 0 radical (unpaired) electrons. The third-order valence-corrected chi connectivity index (χ3v) is 7.93. The van der Waals surface area contributed by atoms with E-state index in [4.69, 9.17) is 0 Å². The third-order valence-electron chi connectivity index (χ3n) is 6.21. The number of nitrogens with one attached hydrogen (secondary N) is 2. The number of phenolic OH excluding ortho intramolecular Hbond substituents is 2. The zero-order valence-electron chi connectivity index (χ0n) is 21.3. The molecular formula is C29H29Br2N3O4. The standard InChI is InChI=1S/C29H29Br2N3O4/c1-4-19(5-2)20-13-11-18(12-14-20)15-23(33-28(37)21-9-7-6-8-10-21)29(38)34-32-16-22-17(3)24(30)27(36)25(31)26(22)35/h6-16,19,35-36H,4-5H2,1-3H3,(H,33,37)(H,34,38). The first-order valence-electron chi connectivity index (χ1n) is 12.1. The molecule has 0 aliphatic heterocycles. The van der Waals surface area contributed by atoms with E-state index in [-0.39, 0.29) is 27.2 Å². The first kappa shape index (κ1) is 29.1. The zero-order chi connectivity index (χ0) is 27.8. The summed E-state index contributed by atoms with van der Waals surface area (Å²) in [5.74, 6) is -1.01. The minimum atomic E-state index is -0.649. The van der Waals surface area contributed by atoms with Crippen LogP contribution in [0.4, 0.5) is 0 Å². The Morgan fingerprint density at radius 1 is 0.947 bits per heavy atom. The molecule has 0 aliphatic rings. The van der Waals surface area contributed by atoms with Crippen LogP contribution in [-0.4, -0.2) is 28.2 Å². The van der Waals surface area contributed by atoms with Gasteiger partial charge in [-0.05, 0) is 92.4 Å².